The molecule has 0 aliphatic carbocycles. The molecule has 2 fully saturated rings. The second-order valence-electron chi connectivity index (χ2n) is 7.91. The molecule has 2 aliphatic heterocycles. The lowest BCUT2D eigenvalue weighted by Crippen LogP contribution is -2.36. The van der Waals surface area contributed by atoms with Crippen LogP contribution in [0.25, 0.3) is 5.76 Å². The summed E-state index contributed by atoms with van der Waals surface area (Å²) < 4.78 is 10.9. The minimum absolute atomic E-state index is 0.100. The highest BCUT2D eigenvalue weighted by molar-refractivity contribution is 6.46. The number of Topliss-reactive ketones (excluding diaryl/α,β-unsaturated/α-hetero) is 1. The number of hydrogen-bond acceptors (Lipinski definition) is 5. The molecule has 2 aromatic carbocycles. The van der Waals surface area contributed by atoms with Crippen molar-refractivity contribution in [2.45, 2.75) is 38.3 Å². The minimum Gasteiger partial charge on any atom is -0.507 e. The SMILES string of the molecule is CCc1ccc([C@H]2/C(=C(\O)c3ccc(OC)cc3)C(=O)C(=O)N2C[C@H]2CCCO2)cc1. The fourth-order valence-electron chi connectivity index (χ4n) is 4.26. The van der Waals surface area contributed by atoms with Crippen molar-refractivity contribution in [1.29, 1.82) is 0 Å². The first-order valence-corrected chi connectivity index (χ1v) is 10.7. The van der Waals surface area contributed by atoms with E-state index in [0.29, 0.717) is 24.5 Å². The number of carbonyl (C=O) groups excluding carboxylic acids is 2. The molecule has 2 aromatic rings. The summed E-state index contributed by atoms with van der Waals surface area (Å²) in [5, 5.41) is 11.1. The van der Waals surface area contributed by atoms with Crippen LogP contribution in [0.5, 0.6) is 5.75 Å². The number of nitrogens with zero attached hydrogens (tertiary/aromatic N) is 1. The van der Waals surface area contributed by atoms with Crippen molar-refractivity contribution in [3.05, 3.63) is 70.8 Å². The van der Waals surface area contributed by atoms with Crippen LogP contribution in [0.1, 0.15) is 42.5 Å². The summed E-state index contributed by atoms with van der Waals surface area (Å²) in [6.45, 7) is 3.06. The van der Waals surface area contributed by atoms with Crippen molar-refractivity contribution in [2.24, 2.45) is 0 Å². The smallest absolute Gasteiger partial charge is 0.295 e. The molecule has 6 heteroatoms. The van der Waals surface area contributed by atoms with Gasteiger partial charge < -0.3 is 19.5 Å². The Kier molecular flexibility index (Phi) is 6.09. The zero-order valence-corrected chi connectivity index (χ0v) is 17.8. The molecule has 0 aromatic heterocycles. The predicted octanol–water partition coefficient (Wildman–Crippen LogP) is 3.86. The summed E-state index contributed by atoms with van der Waals surface area (Å²) >= 11 is 0. The van der Waals surface area contributed by atoms with Crippen LogP contribution in [0.4, 0.5) is 0 Å². The van der Waals surface area contributed by atoms with Gasteiger partial charge in [-0.3, -0.25) is 9.59 Å². The highest BCUT2D eigenvalue weighted by atomic mass is 16.5. The van der Waals surface area contributed by atoms with E-state index in [1.165, 1.54) is 0 Å². The molecule has 0 bridgehead atoms. The van der Waals surface area contributed by atoms with E-state index < -0.39 is 17.7 Å². The molecule has 0 saturated carbocycles. The Morgan fingerprint density at radius 3 is 2.42 bits per heavy atom. The second-order valence-corrected chi connectivity index (χ2v) is 7.91. The van der Waals surface area contributed by atoms with Crippen LogP contribution in [-0.4, -0.2) is 48.1 Å². The molecule has 0 spiro atoms. The van der Waals surface area contributed by atoms with Crippen LogP contribution in [0.15, 0.2) is 54.1 Å². The van der Waals surface area contributed by atoms with Gasteiger partial charge in [-0.05, 0) is 54.7 Å². The Balaban J connectivity index is 1.79. The molecule has 2 saturated heterocycles. The number of ketones is 1. The monoisotopic (exact) mass is 421 g/mol. The number of methoxy groups -OCH3 is 1. The first kappa shape index (κ1) is 21.1. The van der Waals surface area contributed by atoms with E-state index in [1.54, 1.807) is 36.3 Å². The third-order valence-corrected chi connectivity index (χ3v) is 6.03. The Bertz CT molecular complexity index is 988. The molecule has 1 amide bonds. The molecule has 0 radical (unpaired) electrons. The molecule has 1 N–H and O–H groups in total. The lowest BCUT2D eigenvalue weighted by atomic mass is 9.94. The molecular formula is C25H27NO5. The van der Waals surface area contributed by atoms with Gasteiger partial charge in [0.15, 0.2) is 0 Å². The van der Waals surface area contributed by atoms with Crippen LogP contribution < -0.4 is 4.74 Å². The number of hydrogen-bond donors (Lipinski definition) is 1. The standard InChI is InChI=1S/C25H27NO5/c1-3-16-6-8-17(9-7-16)22-21(23(27)18-10-12-19(30-2)13-11-18)24(28)25(29)26(22)15-20-5-4-14-31-20/h6-13,20,22,27H,3-5,14-15H2,1-2H3/b23-21+/t20-,22+/m1/s1. The average Bonchev–Trinajstić information content (AvgIpc) is 3.41. The Morgan fingerprint density at radius 1 is 1.13 bits per heavy atom. The van der Waals surface area contributed by atoms with Crippen LogP contribution in [0, 0.1) is 0 Å². The first-order valence-electron chi connectivity index (χ1n) is 10.7. The number of carbonyl (C=O) groups is 2. The first-order chi connectivity index (χ1) is 15.0. The molecule has 6 nitrogen and oxygen atoms in total. The Morgan fingerprint density at radius 2 is 1.84 bits per heavy atom. The second kappa shape index (κ2) is 8.94. The number of benzene rings is 2. The third kappa shape index (κ3) is 4.08. The third-order valence-electron chi connectivity index (χ3n) is 6.03. The zero-order chi connectivity index (χ0) is 22.0. The quantitative estimate of drug-likeness (QED) is 0.436. The van der Waals surface area contributed by atoms with Gasteiger partial charge in [0.1, 0.15) is 11.5 Å². The maximum absolute atomic E-state index is 13.1. The summed E-state index contributed by atoms with van der Waals surface area (Å²) in [7, 11) is 1.56. The largest absolute Gasteiger partial charge is 0.507 e. The van der Waals surface area contributed by atoms with E-state index in [-0.39, 0.29) is 17.4 Å². The predicted molar refractivity (Wildman–Crippen MR) is 117 cm³/mol. The van der Waals surface area contributed by atoms with Gasteiger partial charge in [0.2, 0.25) is 0 Å². The number of aliphatic hydroxyl groups excluding tert-OH is 1. The van der Waals surface area contributed by atoms with Gasteiger partial charge in [-0.1, -0.05) is 31.2 Å². The van der Waals surface area contributed by atoms with E-state index in [4.69, 9.17) is 9.47 Å². The molecule has 4 rings (SSSR count). The van der Waals surface area contributed by atoms with Gasteiger partial charge in [-0.15, -0.1) is 0 Å². The van der Waals surface area contributed by atoms with Gasteiger partial charge in [-0.25, -0.2) is 0 Å². The molecule has 2 heterocycles. The zero-order valence-electron chi connectivity index (χ0n) is 17.8. The highest BCUT2D eigenvalue weighted by Crippen LogP contribution is 2.40. The van der Waals surface area contributed by atoms with Crippen molar-refractivity contribution < 1.29 is 24.2 Å². The van der Waals surface area contributed by atoms with E-state index in [1.807, 2.05) is 24.3 Å². The number of aryl methyl sites for hydroxylation is 1. The van der Waals surface area contributed by atoms with Gasteiger partial charge in [0, 0.05) is 18.7 Å². The summed E-state index contributed by atoms with van der Waals surface area (Å²) in [5.74, 6) is -0.812. The van der Waals surface area contributed by atoms with Crippen LogP contribution >= 0.6 is 0 Å². The van der Waals surface area contributed by atoms with Crippen molar-refractivity contribution >= 4 is 17.4 Å². The minimum atomic E-state index is -0.670. The van der Waals surface area contributed by atoms with Gasteiger partial charge >= 0.3 is 0 Å². The molecular weight excluding hydrogens is 394 g/mol. The summed E-state index contributed by atoms with van der Waals surface area (Å²) in [6.07, 6.45) is 2.58. The van der Waals surface area contributed by atoms with E-state index in [9.17, 15) is 14.7 Å². The maximum atomic E-state index is 13.1. The summed E-state index contributed by atoms with van der Waals surface area (Å²) in [4.78, 5) is 27.6. The number of rotatable bonds is 6. The Labute approximate surface area is 182 Å². The number of likely N-dealkylation sites (tertiary alicyclic amines) is 1. The van der Waals surface area contributed by atoms with E-state index in [2.05, 4.69) is 6.92 Å². The topological polar surface area (TPSA) is 76.1 Å². The average molecular weight is 421 g/mol. The molecule has 31 heavy (non-hydrogen) atoms. The number of amides is 1. The summed E-state index contributed by atoms with van der Waals surface area (Å²) in [5.41, 5.74) is 2.53. The van der Waals surface area contributed by atoms with Crippen molar-refractivity contribution in [3.8, 4) is 5.75 Å². The van der Waals surface area contributed by atoms with Crippen molar-refractivity contribution in [3.63, 3.8) is 0 Å². The Hall–Kier alpha value is -3.12. The van der Waals surface area contributed by atoms with Crippen LogP contribution in [0.2, 0.25) is 0 Å². The number of aliphatic hydroxyl groups is 1. The fraction of sp³-hybridized carbons (Fsp3) is 0.360. The molecule has 162 valence electrons. The normalized spacial score (nSPS) is 22.8. The van der Waals surface area contributed by atoms with Crippen LogP contribution in [-0.2, 0) is 20.7 Å². The lowest BCUT2D eigenvalue weighted by Gasteiger charge is -2.27. The molecule has 2 atom stereocenters. The van der Waals surface area contributed by atoms with E-state index >= 15 is 0 Å². The van der Waals surface area contributed by atoms with Crippen LogP contribution in [0.3, 0.4) is 0 Å². The number of ether oxygens (including phenoxy) is 2. The lowest BCUT2D eigenvalue weighted by molar-refractivity contribution is -0.140. The highest BCUT2D eigenvalue weighted by Gasteiger charge is 2.47. The maximum Gasteiger partial charge on any atom is 0.295 e. The van der Waals surface area contributed by atoms with Gasteiger partial charge in [0.05, 0.1) is 24.8 Å². The van der Waals surface area contributed by atoms with Gasteiger partial charge in [-0.2, -0.15) is 0 Å². The fourth-order valence-corrected chi connectivity index (χ4v) is 4.26. The van der Waals surface area contributed by atoms with E-state index in [0.717, 1.165) is 30.4 Å². The molecule has 0 unspecified atom stereocenters. The van der Waals surface area contributed by atoms with Crippen molar-refractivity contribution in [1.82, 2.24) is 4.90 Å². The summed E-state index contributed by atoms with van der Waals surface area (Å²) in [6, 6.07) is 14.0. The van der Waals surface area contributed by atoms with Gasteiger partial charge in [0.25, 0.3) is 11.7 Å². The molecule has 2 aliphatic rings. The van der Waals surface area contributed by atoms with Crippen molar-refractivity contribution in [2.75, 3.05) is 20.3 Å².